The van der Waals surface area contributed by atoms with Gasteiger partial charge in [0.25, 0.3) is 0 Å². The molecule has 1 rings (SSSR count). The van der Waals surface area contributed by atoms with E-state index in [1.807, 2.05) is 19.1 Å². The Morgan fingerprint density at radius 3 is 2.35 bits per heavy atom. The third-order valence-electron chi connectivity index (χ3n) is 2.43. The van der Waals surface area contributed by atoms with Crippen LogP contribution in [0.15, 0.2) is 24.3 Å². The molecule has 0 aliphatic carbocycles. The Balaban J connectivity index is 2.60. The fourth-order valence-electron chi connectivity index (χ4n) is 1.38. The molecular weight excluding hydrogens is 238 g/mol. The zero-order chi connectivity index (χ0) is 12.9. The van der Waals surface area contributed by atoms with E-state index in [-0.39, 0.29) is 23.8 Å². The van der Waals surface area contributed by atoms with Gasteiger partial charge >= 0.3 is 0 Å². The highest BCUT2D eigenvalue weighted by molar-refractivity contribution is 7.90. The lowest BCUT2D eigenvalue weighted by molar-refractivity contribution is -0.120. The number of carbonyl (C=O) groups is 1. The van der Waals surface area contributed by atoms with E-state index in [9.17, 15) is 13.2 Å². The second-order valence-corrected chi connectivity index (χ2v) is 6.18. The molecule has 0 unspecified atom stereocenters. The fraction of sp³-hybridized carbons (Fsp3) is 0.417. The lowest BCUT2D eigenvalue weighted by atomic mass is 10.2. The average molecular weight is 255 g/mol. The zero-order valence-corrected chi connectivity index (χ0v) is 10.9. The van der Waals surface area contributed by atoms with E-state index in [4.69, 9.17) is 0 Å². The molecule has 1 aromatic carbocycles. The lowest BCUT2D eigenvalue weighted by Gasteiger charge is -2.04. The van der Waals surface area contributed by atoms with Crippen molar-refractivity contribution < 1.29 is 13.2 Å². The number of benzene rings is 1. The Bertz CT molecular complexity index is 477. The minimum absolute atomic E-state index is 0.00965. The molecule has 0 saturated carbocycles. The van der Waals surface area contributed by atoms with Gasteiger partial charge in [-0.1, -0.05) is 29.8 Å². The summed E-state index contributed by atoms with van der Waals surface area (Å²) in [6.07, 6.45) is 0.0185. The highest BCUT2D eigenvalue weighted by Gasteiger charge is 2.13. The van der Waals surface area contributed by atoms with Crippen LogP contribution in [0, 0.1) is 6.92 Å². The Morgan fingerprint density at radius 2 is 1.82 bits per heavy atom. The molecule has 0 fully saturated rings. The second kappa shape index (κ2) is 5.82. The number of rotatable bonds is 5. The van der Waals surface area contributed by atoms with Crippen molar-refractivity contribution in [2.45, 2.75) is 19.1 Å². The molecule has 1 amide bonds. The minimum atomic E-state index is -3.21. The molecule has 4 nitrogen and oxygen atoms in total. The van der Waals surface area contributed by atoms with Gasteiger partial charge in [0, 0.05) is 13.5 Å². The summed E-state index contributed by atoms with van der Waals surface area (Å²) in [4.78, 5) is 11.0. The molecule has 0 atom stereocenters. The third-order valence-corrected chi connectivity index (χ3v) is 4.03. The van der Waals surface area contributed by atoms with E-state index in [2.05, 4.69) is 5.32 Å². The first kappa shape index (κ1) is 13.7. The summed E-state index contributed by atoms with van der Waals surface area (Å²) in [7, 11) is -1.72. The maximum Gasteiger partial charge on any atom is 0.220 e. The molecule has 94 valence electrons. The maximum absolute atomic E-state index is 11.7. The SMILES string of the molecule is CNC(=O)CCS(=O)(=O)Cc1ccc(C)cc1. The largest absolute Gasteiger partial charge is 0.359 e. The monoisotopic (exact) mass is 255 g/mol. The van der Waals surface area contributed by atoms with Crippen molar-refractivity contribution in [3.8, 4) is 0 Å². The molecule has 17 heavy (non-hydrogen) atoms. The van der Waals surface area contributed by atoms with Crippen LogP contribution in [0.1, 0.15) is 17.5 Å². The third kappa shape index (κ3) is 4.99. The van der Waals surface area contributed by atoms with Gasteiger partial charge in [0.05, 0.1) is 11.5 Å². The highest BCUT2D eigenvalue weighted by Crippen LogP contribution is 2.09. The van der Waals surface area contributed by atoms with E-state index in [0.717, 1.165) is 11.1 Å². The van der Waals surface area contributed by atoms with Crippen LogP contribution in [-0.2, 0) is 20.4 Å². The first-order valence-electron chi connectivity index (χ1n) is 5.39. The summed E-state index contributed by atoms with van der Waals surface area (Å²) < 4.78 is 23.5. The van der Waals surface area contributed by atoms with Crippen LogP contribution in [0.3, 0.4) is 0 Å². The van der Waals surface area contributed by atoms with Crippen molar-refractivity contribution in [3.63, 3.8) is 0 Å². The Labute approximate surface area is 102 Å². The van der Waals surface area contributed by atoms with E-state index in [1.165, 1.54) is 7.05 Å². The van der Waals surface area contributed by atoms with Gasteiger partial charge in [0.15, 0.2) is 9.84 Å². The first-order chi connectivity index (χ1) is 7.93. The predicted molar refractivity (Wildman–Crippen MR) is 67.4 cm³/mol. The first-order valence-corrected chi connectivity index (χ1v) is 7.21. The van der Waals surface area contributed by atoms with Crippen LogP contribution in [0.2, 0.25) is 0 Å². The Morgan fingerprint density at radius 1 is 1.24 bits per heavy atom. The molecule has 0 saturated heterocycles. The number of hydrogen-bond acceptors (Lipinski definition) is 3. The van der Waals surface area contributed by atoms with Crippen molar-refractivity contribution in [1.29, 1.82) is 0 Å². The molecule has 0 aliphatic heterocycles. The topological polar surface area (TPSA) is 63.2 Å². The molecular formula is C12H17NO3S. The standard InChI is InChI=1S/C12H17NO3S/c1-10-3-5-11(6-4-10)9-17(15,16)8-7-12(14)13-2/h3-6H,7-9H2,1-2H3,(H,13,14). The van der Waals surface area contributed by atoms with E-state index in [1.54, 1.807) is 12.1 Å². The van der Waals surface area contributed by atoms with Crippen molar-refractivity contribution in [3.05, 3.63) is 35.4 Å². The number of hydrogen-bond donors (Lipinski definition) is 1. The second-order valence-electron chi connectivity index (χ2n) is 4.00. The normalized spacial score (nSPS) is 11.2. The van der Waals surface area contributed by atoms with Crippen LogP contribution in [0.4, 0.5) is 0 Å². The molecule has 1 aromatic rings. The van der Waals surface area contributed by atoms with Gasteiger partial charge in [0.2, 0.25) is 5.91 Å². The smallest absolute Gasteiger partial charge is 0.220 e. The van der Waals surface area contributed by atoms with Crippen LogP contribution >= 0.6 is 0 Å². The summed E-state index contributed by atoms with van der Waals surface area (Å²) in [5.41, 5.74) is 1.85. The summed E-state index contributed by atoms with van der Waals surface area (Å²) in [6, 6.07) is 7.35. The summed E-state index contributed by atoms with van der Waals surface area (Å²) in [5, 5.41) is 2.41. The van der Waals surface area contributed by atoms with Crippen molar-refractivity contribution in [1.82, 2.24) is 5.32 Å². The summed E-state index contributed by atoms with van der Waals surface area (Å²) in [6.45, 7) is 1.95. The van der Waals surface area contributed by atoms with E-state index in [0.29, 0.717) is 0 Å². The van der Waals surface area contributed by atoms with Gasteiger partial charge in [0.1, 0.15) is 0 Å². The van der Waals surface area contributed by atoms with Crippen molar-refractivity contribution >= 4 is 15.7 Å². The van der Waals surface area contributed by atoms with Gasteiger partial charge in [-0.25, -0.2) is 8.42 Å². The zero-order valence-electron chi connectivity index (χ0n) is 10.1. The summed E-state index contributed by atoms with van der Waals surface area (Å²) >= 11 is 0. The molecule has 0 bridgehead atoms. The van der Waals surface area contributed by atoms with Crippen LogP contribution in [0.25, 0.3) is 0 Å². The number of aryl methyl sites for hydroxylation is 1. The van der Waals surface area contributed by atoms with Gasteiger partial charge in [-0.05, 0) is 12.5 Å². The van der Waals surface area contributed by atoms with Gasteiger partial charge in [-0.15, -0.1) is 0 Å². The highest BCUT2D eigenvalue weighted by atomic mass is 32.2. The quantitative estimate of drug-likeness (QED) is 0.855. The molecule has 0 spiro atoms. The van der Waals surface area contributed by atoms with Gasteiger partial charge < -0.3 is 5.32 Å². The molecule has 0 heterocycles. The molecule has 5 heteroatoms. The van der Waals surface area contributed by atoms with Crippen molar-refractivity contribution in [2.75, 3.05) is 12.8 Å². The van der Waals surface area contributed by atoms with E-state index >= 15 is 0 Å². The lowest BCUT2D eigenvalue weighted by Crippen LogP contribution is -2.22. The number of nitrogens with one attached hydrogen (secondary N) is 1. The molecule has 0 aliphatic rings. The van der Waals surface area contributed by atoms with Crippen LogP contribution in [0.5, 0.6) is 0 Å². The number of sulfone groups is 1. The number of carbonyl (C=O) groups excluding carboxylic acids is 1. The van der Waals surface area contributed by atoms with Gasteiger partial charge in [-0.2, -0.15) is 0 Å². The average Bonchev–Trinajstić information content (AvgIpc) is 2.29. The Hall–Kier alpha value is -1.36. The Kier molecular flexibility index (Phi) is 4.69. The predicted octanol–water partition coefficient (Wildman–Crippen LogP) is 1.05. The molecule has 1 N–H and O–H groups in total. The summed E-state index contributed by atoms with van der Waals surface area (Å²) in [5.74, 6) is -0.373. The van der Waals surface area contributed by atoms with Crippen LogP contribution < -0.4 is 5.32 Å². The molecule has 0 aromatic heterocycles. The maximum atomic E-state index is 11.7. The number of amides is 1. The van der Waals surface area contributed by atoms with Crippen molar-refractivity contribution in [2.24, 2.45) is 0 Å². The minimum Gasteiger partial charge on any atom is -0.359 e. The molecule has 0 radical (unpaired) electrons. The van der Waals surface area contributed by atoms with E-state index < -0.39 is 9.84 Å². The van der Waals surface area contributed by atoms with Gasteiger partial charge in [-0.3, -0.25) is 4.79 Å². The fourth-order valence-corrected chi connectivity index (χ4v) is 2.72. The van der Waals surface area contributed by atoms with Crippen LogP contribution in [-0.4, -0.2) is 27.1 Å².